The second kappa shape index (κ2) is 12.2. The first kappa shape index (κ1) is 26.6. The van der Waals surface area contributed by atoms with E-state index in [4.69, 9.17) is 9.47 Å². The lowest BCUT2D eigenvalue weighted by atomic mass is 9.73. The molecule has 5 rings (SSSR count). The van der Waals surface area contributed by atoms with Gasteiger partial charge in [-0.15, -0.1) is 0 Å². The molecule has 4 aromatic rings. The van der Waals surface area contributed by atoms with Crippen molar-refractivity contribution in [2.75, 3.05) is 18.5 Å². The molecule has 6 heteroatoms. The summed E-state index contributed by atoms with van der Waals surface area (Å²) in [5, 5.41) is 3.15. The molecule has 1 aliphatic rings. The highest BCUT2D eigenvalue weighted by Gasteiger charge is 2.41. The molecule has 6 nitrogen and oxygen atoms in total. The van der Waals surface area contributed by atoms with Crippen LogP contribution in [0.15, 0.2) is 91.3 Å². The van der Waals surface area contributed by atoms with Gasteiger partial charge in [0, 0.05) is 42.8 Å². The van der Waals surface area contributed by atoms with E-state index in [2.05, 4.69) is 53.4 Å². The molecule has 1 aromatic heterocycles. The largest absolute Gasteiger partial charge is 0.489 e. The van der Waals surface area contributed by atoms with Crippen LogP contribution in [0.4, 0.5) is 5.69 Å². The number of anilines is 1. The number of nitrogens with zero attached hydrogens (tertiary/aromatic N) is 2. The summed E-state index contributed by atoms with van der Waals surface area (Å²) in [7, 11) is 0. The fourth-order valence-electron chi connectivity index (χ4n) is 4.90. The lowest BCUT2D eigenvalue weighted by molar-refractivity contribution is -0.125. The van der Waals surface area contributed by atoms with Crippen molar-refractivity contribution in [3.63, 3.8) is 0 Å². The Morgan fingerprint density at radius 3 is 2.23 bits per heavy atom. The summed E-state index contributed by atoms with van der Waals surface area (Å²) < 4.78 is 11.5. The maximum absolute atomic E-state index is 13.8. The van der Waals surface area contributed by atoms with Gasteiger partial charge in [-0.1, -0.05) is 68.4 Å². The van der Waals surface area contributed by atoms with Crippen molar-refractivity contribution in [2.24, 2.45) is 0 Å². The van der Waals surface area contributed by atoms with E-state index in [1.807, 2.05) is 67.0 Å². The van der Waals surface area contributed by atoms with E-state index in [0.717, 1.165) is 45.9 Å². The smallest absolute Gasteiger partial charge is 0.235 e. The first-order chi connectivity index (χ1) is 19.1. The summed E-state index contributed by atoms with van der Waals surface area (Å²) in [6.45, 7) is 5.87. The van der Waals surface area contributed by atoms with Gasteiger partial charge in [0.1, 0.15) is 18.2 Å². The van der Waals surface area contributed by atoms with Crippen LogP contribution in [0.1, 0.15) is 56.0 Å². The van der Waals surface area contributed by atoms with Gasteiger partial charge >= 0.3 is 0 Å². The Morgan fingerprint density at radius 2 is 1.59 bits per heavy atom. The molecule has 0 spiro atoms. The number of nitrogens with one attached hydrogen (secondary N) is 1. The fraction of sp³-hybridized carbons (Fsp3) is 0.303. The molecule has 1 atom stereocenters. The summed E-state index contributed by atoms with van der Waals surface area (Å²) in [4.78, 5) is 22.9. The van der Waals surface area contributed by atoms with Crippen molar-refractivity contribution in [1.29, 1.82) is 0 Å². The van der Waals surface area contributed by atoms with Gasteiger partial charge in [0.2, 0.25) is 5.91 Å². The third-order valence-corrected chi connectivity index (χ3v) is 7.64. The minimum absolute atomic E-state index is 0.0160. The van der Waals surface area contributed by atoms with Crippen LogP contribution in [0.3, 0.4) is 0 Å². The van der Waals surface area contributed by atoms with Crippen LogP contribution in [0.5, 0.6) is 5.75 Å². The topological polar surface area (TPSA) is 73.3 Å². The summed E-state index contributed by atoms with van der Waals surface area (Å²) in [5.74, 6) is 1.95. The van der Waals surface area contributed by atoms with Gasteiger partial charge in [-0.25, -0.2) is 9.97 Å². The van der Waals surface area contributed by atoms with Crippen LogP contribution in [0, 0.1) is 0 Å². The lowest BCUT2D eigenvalue weighted by Gasteiger charge is -2.36. The van der Waals surface area contributed by atoms with Crippen LogP contribution >= 0.6 is 0 Å². The Hall–Kier alpha value is -4.03. The van der Waals surface area contributed by atoms with Crippen molar-refractivity contribution in [1.82, 2.24) is 9.97 Å². The number of amides is 1. The summed E-state index contributed by atoms with van der Waals surface area (Å²) >= 11 is 0. The third-order valence-electron chi connectivity index (χ3n) is 7.64. The van der Waals surface area contributed by atoms with Gasteiger partial charge in [0.15, 0.2) is 0 Å². The Bertz CT molecular complexity index is 1350. The molecular weight excluding hydrogens is 486 g/mol. The zero-order chi connectivity index (χ0) is 27.1. The van der Waals surface area contributed by atoms with Crippen LogP contribution in [-0.2, 0) is 21.6 Å². The molecule has 0 aliphatic carbocycles. The van der Waals surface area contributed by atoms with Crippen molar-refractivity contribution in [3.8, 4) is 16.9 Å². The monoisotopic (exact) mass is 521 g/mol. The second-order valence-corrected chi connectivity index (χ2v) is 10.2. The van der Waals surface area contributed by atoms with E-state index in [0.29, 0.717) is 38.6 Å². The summed E-state index contributed by atoms with van der Waals surface area (Å²) in [6.07, 6.45) is 6.03. The maximum atomic E-state index is 13.8. The Kier molecular flexibility index (Phi) is 8.33. The standard InChI is InChI=1S/C33H35N3O3/c1-3-24(2)31-34-21-27(22-35-31)26-9-11-28(12-10-26)33(17-19-38-20-18-33)32(37)36-29-13-15-30(16-14-29)39-23-25-7-5-4-6-8-25/h4-16,21-22,24H,3,17-20,23H2,1-2H3,(H,36,37). The van der Waals surface area contributed by atoms with E-state index in [9.17, 15) is 4.79 Å². The van der Waals surface area contributed by atoms with E-state index in [-0.39, 0.29) is 5.91 Å². The molecule has 0 radical (unpaired) electrons. The van der Waals surface area contributed by atoms with E-state index < -0.39 is 5.41 Å². The van der Waals surface area contributed by atoms with Crippen LogP contribution < -0.4 is 10.1 Å². The van der Waals surface area contributed by atoms with Gasteiger partial charge in [0.25, 0.3) is 0 Å². The van der Waals surface area contributed by atoms with Crippen LogP contribution in [0.25, 0.3) is 11.1 Å². The molecule has 1 unspecified atom stereocenters. The minimum atomic E-state index is -0.657. The molecule has 2 heterocycles. The molecular formula is C33H35N3O3. The fourth-order valence-corrected chi connectivity index (χ4v) is 4.90. The molecule has 39 heavy (non-hydrogen) atoms. The van der Waals surface area contributed by atoms with Gasteiger partial charge in [-0.3, -0.25) is 4.79 Å². The number of rotatable bonds is 9. The number of carbonyl (C=O) groups excluding carboxylic acids is 1. The summed E-state index contributed by atoms with van der Waals surface area (Å²) in [6, 6.07) is 25.8. The van der Waals surface area contributed by atoms with Crippen LogP contribution in [-0.4, -0.2) is 29.1 Å². The van der Waals surface area contributed by atoms with Crippen molar-refractivity contribution in [2.45, 2.75) is 51.0 Å². The number of carbonyl (C=O) groups is 1. The Balaban J connectivity index is 1.29. The molecule has 3 aromatic carbocycles. The quantitative estimate of drug-likeness (QED) is 0.259. The molecule has 200 valence electrons. The van der Waals surface area contributed by atoms with Gasteiger partial charge in [-0.2, -0.15) is 0 Å². The number of aromatic nitrogens is 2. The normalized spacial score (nSPS) is 15.3. The van der Waals surface area contributed by atoms with Crippen LogP contribution in [0.2, 0.25) is 0 Å². The highest BCUT2D eigenvalue weighted by Crippen LogP contribution is 2.37. The van der Waals surface area contributed by atoms with Crippen molar-refractivity contribution in [3.05, 3.63) is 108 Å². The first-order valence-corrected chi connectivity index (χ1v) is 13.7. The predicted molar refractivity (Wildman–Crippen MR) is 154 cm³/mol. The molecule has 1 fully saturated rings. The lowest BCUT2D eigenvalue weighted by Crippen LogP contribution is -2.44. The molecule has 0 bridgehead atoms. The van der Waals surface area contributed by atoms with Crippen molar-refractivity contribution < 1.29 is 14.3 Å². The average molecular weight is 522 g/mol. The zero-order valence-electron chi connectivity index (χ0n) is 22.6. The highest BCUT2D eigenvalue weighted by atomic mass is 16.5. The molecule has 0 saturated carbocycles. The van der Waals surface area contributed by atoms with Gasteiger partial charge < -0.3 is 14.8 Å². The summed E-state index contributed by atoms with van der Waals surface area (Å²) in [5.41, 5.74) is 4.19. The molecule has 1 amide bonds. The predicted octanol–water partition coefficient (Wildman–Crippen LogP) is 6.92. The van der Waals surface area contributed by atoms with E-state index in [1.165, 1.54) is 0 Å². The third kappa shape index (κ3) is 6.18. The van der Waals surface area contributed by atoms with Gasteiger partial charge in [-0.05, 0) is 60.2 Å². The highest BCUT2D eigenvalue weighted by molar-refractivity contribution is 5.99. The molecule has 1 aliphatic heterocycles. The van der Waals surface area contributed by atoms with E-state index >= 15 is 0 Å². The SMILES string of the molecule is CCC(C)c1ncc(-c2ccc(C3(C(=O)Nc4ccc(OCc5ccccc5)cc4)CCOCC3)cc2)cn1. The van der Waals surface area contributed by atoms with Gasteiger partial charge in [0.05, 0.1) is 5.41 Å². The Morgan fingerprint density at radius 1 is 0.923 bits per heavy atom. The Labute approximate surface area is 230 Å². The number of hydrogen-bond acceptors (Lipinski definition) is 5. The molecule has 1 saturated heterocycles. The molecule has 1 N–H and O–H groups in total. The average Bonchev–Trinajstić information content (AvgIpc) is 3.01. The second-order valence-electron chi connectivity index (χ2n) is 10.2. The number of hydrogen-bond donors (Lipinski definition) is 1. The van der Waals surface area contributed by atoms with E-state index in [1.54, 1.807) is 0 Å². The maximum Gasteiger partial charge on any atom is 0.235 e. The number of benzene rings is 3. The van der Waals surface area contributed by atoms with Crippen molar-refractivity contribution >= 4 is 11.6 Å². The first-order valence-electron chi connectivity index (χ1n) is 13.7. The zero-order valence-corrected chi connectivity index (χ0v) is 22.6. The number of ether oxygens (including phenoxy) is 2. The minimum Gasteiger partial charge on any atom is -0.489 e.